The minimum absolute atomic E-state index is 0.366. The summed E-state index contributed by atoms with van der Waals surface area (Å²) in [6, 6.07) is 8.82. The highest BCUT2D eigenvalue weighted by atomic mass is 32.1. The first kappa shape index (κ1) is 16.5. The van der Waals surface area contributed by atoms with Gasteiger partial charge in [0, 0.05) is 10.6 Å². The Labute approximate surface area is 145 Å². The number of nitrogens with one attached hydrogen (secondary N) is 2. The third-order valence-corrected chi connectivity index (χ3v) is 5.62. The van der Waals surface area contributed by atoms with Crippen LogP contribution < -0.4 is 16.4 Å². The van der Waals surface area contributed by atoms with Gasteiger partial charge < -0.3 is 11.1 Å². The van der Waals surface area contributed by atoms with Gasteiger partial charge in [0.05, 0.1) is 5.56 Å². The SMILES string of the molecule is CC[C@@H]1CCc2c(sc(NC(=O)Nc3ccccc3)c2C(N)=O)C1. The molecule has 0 saturated carbocycles. The molecule has 1 heterocycles. The van der Waals surface area contributed by atoms with Crippen LogP contribution in [0.4, 0.5) is 15.5 Å². The van der Waals surface area contributed by atoms with Crippen LogP contribution in [0.1, 0.15) is 40.6 Å². The molecular weight excluding hydrogens is 322 g/mol. The van der Waals surface area contributed by atoms with Crippen LogP contribution in [0.15, 0.2) is 30.3 Å². The molecule has 5 nitrogen and oxygen atoms in total. The normalized spacial score (nSPS) is 16.3. The fraction of sp³-hybridized carbons (Fsp3) is 0.333. The first-order valence-corrected chi connectivity index (χ1v) is 8.97. The summed E-state index contributed by atoms with van der Waals surface area (Å²) in [4.78, 5) is 25.3. The van der Waals surface area contributed by atoms with E-state index >= 15 is 0 Å². The average molecular weight is 343 g/mol. The fourth-order valence-corrected chi connectivity index (χ4v) is 4.50. The summed E-state index contributed by atoms with van der Waals surface area (Å²) in [5.41, 5.74) is 7.77. The number of carbonyl (C=O) groups excluding carboxylic acids is 2. The zero-order valence-corrected chi connectivity index (χ0v) is 14.4. The number of hydrogen-bond donors (Lipinski definition) is 3. The third-order valence-electron chi connectivity index (χ3n) is 4.45. The Morgan fingerprint density at radius 1 is 1.25 bits per heavy atom. The molecule has 0 bridgehead atoms. The van der Waals surface area contributed by atoms with Crippen molar-refractivity contribution in [2.45, 2.75) is 32.6 Å². The van der Waals surface area contributed by atoms with Crippen molar-refractivity contribution in [3.8, 4) is 0 Å². The minimum Gasteiger partial charge on any atom is -0.365 e. The van der Waals surface area contributed by atoms with Crippen LogP contribution in [0.2, 0.25) is 0 Å². The highest BCUT2D eigenvalue weighted by Gasteiger charge is 2.28. The predicted octanol–water partition coefficient (Wildman–Crippen LogP) is 4.01. The van der Waals surface area contributed by atoms with Crippen molar-refractivity contribution in [3.05, 3.63) is 46.3 Å². The van der Waals surface area contributed by atoms with E-state index in [1.54, 1.807) is 12.1 Å². The van der Waals surface area contributed by atoms with E-state index in [2.05, 4.69) is 17.6 Å². The molecule has 1 aliphatic rings. The lowest BCUT2D eigenvalue weighted by atomic mass is 9.85. The number of thiophene rings is 1. The van der Waals surface area contributed by atoms with Crippen LogP contribution in [0.5, 0.6) is 0 Å². The molecule has 4 N–H and O–H groups in total. The van der Waals surface area contributed by atoms with Gasteiger partial charge in [-0.1, -0.05) is 31.5 Å². The van der Waals surface area contributed by atoms with Crippen molar-refractivity contribution in [1.29, 1.82) is 0 Å². The smallest absolute Gasteiger partial charge is 0.324 e. The number of carbonyl (C=O) groups is 2. The van der Waals surface area contributed by atoms with Crippen molar-refractivity contribution < 1.29 is 9.59 Å². The van der Waals surface area contributed by atoms with Crippen molar-refractivity contribution in [3.63, 3.8) is 0 Å². The summed E-state index contributed by atoms with van der Waals surface area (Å²) in [6.45, 7) is 2.19. The number of nitrogens with two attached hydrogens (primary N) is 1. The van der Waals surface area contributed by atoms with Gasteiger partial charge in [-0.3, -0.25) is 10.1 Å². The van der Waals surface area contributed by atoms with Gasteiger partial charge in [-0.15, -0.1) is 11.3 Å². The molecule has 6 heteroatoms. The van der Waals surface area contributed by atoms with Gasteiger partial charge in [-0.05, 0) is 42.9 Å². The minimum atomic E-state index is -0.475. The molecule has 0 fully saturated rings. The summed E-state index contributed by atoms with van der Waals surface area (Å²) < 4.78 is 0. The van der Waals surface area contributed by atoms with Crippen LogP contribution in [0.25, 0.3) is 0 Å². The van der Waals surface area contributed by atoms with Crippen LogP contribution >= 0.6 is 11.3 Å². The molecule has 3 rings (SSSR count). The van der Waals surface area contributed by atoms with E-state index in [1.165, 1.54) is 16.2 Å². The molecule has 1 atom stereocenters. The van der Waals surface area contributed by atoms with Gasteiger partial charge >= 0.3 is 6.03 Å². The number of fused-ring (bicyclic) bond motifs is 1. The summed E-state index contributed by atoms with van der Waals surface area (Å²) >= 11 is 1.48. The second kappa shape index (κ2) is 7.05. The maximum atomic E-state index is 12.2. The predicted molar refractivity (Wildman–Crippen MR) is 97.7 cm³/mol. The van der Waals surface area contributed by atoms with Gasteiger partial charge in [0.15, 0.2) is 0 Å². The standard InChI is InChI=1S/C18H21N3O2S/c1-2-11-8-9-13-14(10-11)24-17(15(13)16(19)22)21-18(23)20-12-6-4-3-5-7-12/h3-7,11H,2,8-10H2,1H3,(H2,19,22)(H2,20,21,23)/t11-/m1/s1. The lowest BCUT2D eigenvalue weighted by Gasteiger charge is -2.20. The second-order valence-electron chi connectivity index (χ2n) is 6.03. The molecule has 1 aromatic carbocycles. The van der Waals surface area contributed by atoms with E-state index in [-0.39, 0.29) is 6.03 Å². The van der Waals surface area contributed by atoms with Crippen LogP contribution in [-0.2, 0) is 12.8 Å². The maximum Gasteiger partial charge on any atom is 0.324 e. The zero-order valence-electron chi connectivity index (χ0n) is 13.6. The first-order chi connectivity index (χ1) is 11.6. The van der Waals surface area contributed by atoms with E-state index in [0.29, 0.717) is 22.2 Å². The molecule has 0 radical (unpaired) electrons. The van der Waals surface area contributed by atoms with Gasteiger partial charge in [0.1, 0.15) is 5.00 Å². The molecule has 0 saturated heterocycles. The maximum absolute atomic E-state index is 12.2. The lowest BCUT2D eigenvalue weighted by molar-refractivity contribution is 0.1000. The van der Waals surface area contributed by atoms with Gasteiger partial charge in [-0.2, -0.15) is 0 Å². The largest absolute Gasteiger partial charge is 0.365 e. The number of urea groups is 1. The van der Waals surface area contributed by atoms with Gasteiger partial charge in [0.2, 0.25) is 0 Å². The zero-order chi connectivity index (χ0) is 17.1. The molecule has 1 aliphatic carbocycles. The lowest BCUT2D eigenvalue weighted by Crippen LogP contribution is -2.22. The molecule has 0 unspecified atom stereocenters. The molecule has 3 amide bonds. The third kappa shape index (κ3) is 3.43. The van der Waals surface area contributed by atoms with E-state index < -0.39 is 5.91 Å². The molecule has 0 aliphatic heterocycles. The fourth-order valence-electron chi connectivity index (χ4n) is 3.14. The first-order valence-electron chi connectivity index (χ1n) is 8.15. The van der Waals surface area contributed by atoms with Crippen LogP contribution in [0, 0.1) is 5.92 Å². The number of rotatable bonds is 4. The topological polar surface area (TPSA) is 84.2 Å². The number of primary amides is 1. The summed E-state index contributed by atoms with van der Waals surface area (Å²) in [6.07, 6.45) is 4.00. The molecule has 0 spiro atoms. The summed E-state index contributed by atoms with van der Waals surface area (Å²) in [5.74, 6) is 0.167. The Morgan fingerprint density at radius 2 is 2.00 bits per heavy atom. The average Bonchev–Trinajstić information content (AvgIpc) is 2.92. The number of amides is 3. The molecular formula is C18H21N3O2S. The monoisotopic (exact) mass is 343 g/mol. The van der Waals surface area contributed by atoms with E-state index in [4.69, 9.17) is 5.73 Å². The molecule has 2 aromatic rings. The number of anilines is 2. The Kier molecular flexibility index (Phi) is 4.85. The Hall–Kier alpha value is -2.34. The Bertz CT molecular complexity index is 755. The van der Waals surface area contributed by atoms with Gasteiger partial charge in [0.25, 0.3) is 5.91 Å². The summed E-state index contributed by atoms with van der Waals surface area (Å²) in [7, 11) is 0. The van der Waals surface area contributed by atoms with Crippen molar-refractivity contribution in [1.82, 2.24) is 0 Å². The van der Waals surface area contributed by atoms with Crippen LogP contribution in [-0.4, -0.2) is 11.9 Å². The molecule has 126 valence electrons. The molecule has 24 heavy (non-hydrogen) atoms. The summed E-state index contributed by atoms with van der Waals surface area (Å²) in [5, 5.41) is 6.11. The number of para-hydroxylation sites is 1. The Balaban J connectivity index is 1.81. The van der Waals surface area contributed by atoms with Crippen LogP contribution in [0.3, 0.4) is 0 Å². The van der Waals surface area contributed by atoms with Crippen molar-refractivity contribution >= 4 is 34.0 Å². The van der Waals surface area contributed by atoms with E-state index in [9.17, 15) is 9.59 Å². The molecule has 1 aromatic heterocycles. The Morgan fingerprint density at radius 3 is 2.67 bits per heavy atom. The van der Waals surface area contributed by atoms with E-state index in [0.717, 1.165) is 31.2 Å². The quantitative estimate of drug-likeness (QED) is 0.784. The van der Waals surface area contributed by atoms with Gasteiger partial charge in [-0.25, -0.2) is 4.79 Å². The van der Waals surface area contributed by atoms with Crippen molar-refractivity contribution in [2.24, 2.45) is 11.7 Å². The number of benzene rings is 1. The highest BCUT2D eigenvalue weighted by molar-refractivity contribution is 7.17. The second-order valence-corrected chi connectivity index (χ2v) is 7.14. The van der Waals surface area contributed by atoms with E-state index in [1.807, 2.05) is 18.2 Å². The van der Waals surface area contributed by atoms with Crippen molar-refractivity contribution in [2.75, 3.05) is 10.6 Å². The number of hydrogen-bond acceptors (Lipinski definition) is 3. The highest BCUT2D eigenvalue weighted by Crippen LogP contribution is 2.40.